The average molecular weight is 338 g/mol. The molecule has 0 atom stereocenters. The summed E-state index contributed by atoms with van der Waals surface area (Å²) in [5, 5.41) is 0. The van der Waals surface area contributed by atoms with Crippen LogP contribution in [0, 0.1) is 5.92 Å². The molecule has 0 spiro atoms. The van der Waals surface area contributed by atoms with Gasteiger partial charge in [-0.05, 0) is 79.2 Å². The highest BCUT2D eigenvalue weighted by Crippen LogP contribution is 2.38. The van der Waals surface area contributed by atoms with Crippen LogP contribution in [0.1, 0.15) is 50.0 Å². The van der Waals surface area contributed by atoms with Gasteiger partial charge in [0, 0.05) is 0 Å². The zero-order valence-corrected chi connectivity index (χ0v) is 14.8. The Balaban J connectivity index is 1.60. The van der Waals surface area contributed by atoms with Crippen LogP contribution in [-0.4, -0.2) is 6.86 Å². The number of alkyl halides is 1. The van der Waals surface area contributed by atoms with Crippen molar-refractivity contribution in [3.05, 3.63) is 66.7 Å². The summed E-state index contributed by atoms with van der Waals surface area (Å²) in [6, 6.07) is 16.5. The predicted octanol–water partition coefficient (Wildman–Crippen LogP) is 6.90. The Morgan fingerprint density at radius 2 is 1.52 bits per heavy atom. The summed E-state index contributed by atoms with van der Waals surface area (Å²) in [4.78, 5) is 0. The minimum Gasteiger partial charge on any atom is -0.463 e. The van der Waals surface area contributed by atoms with Crippen LogP contribution in [0.25, 0.3) is 11.1 Å². The summed E-state index contributed by atoms with van der Waals surface area (Å²) in [7, 11) is 0. The highest BCUT2D eigenvalue weighted by molar-refractivity contribution is 5.64. The van der Waals surface area contributed by atoms with Gasteiger partial charge < -0.3 is 4.74 Å². The molecule has 0 amide bonds. The second kappa shape index (κ2) is 8.84. The molecule has 0 aliphatic heterocycles. The Labute approximate surface area is 150 Å². The van der Waals surface area contributed by atoms with Crippen molar-refractivity contribution in [1.29, 1.82) is 0 Å². The number of hydrogen-bond donors (Lipinski definition) is 0. The summed E-state index contributed by atoms with van der Waals surface area (Å²) in [6.07, 6.45) is 9.79. The lowest BCUT2D eigenvalue weighted by atomic mass is 9.77. The number of allylic oxidation sites excluding steroid dienone is 1. The van der Waals surface area contributed by atoms with E-state index in [0.29, 0.717) is 11.7 Å². The molecule has 0 N–H and O–H groups in total. The molecule has 0 heterocycles. The highest BCUT2D eigenvalue weighted by atomic mass is 19.1. The van der Waals surface area contributed by atoms with E-state index in [2.05, 4.69) is 30.8 Å². The normalized spacial score (nSPS) is 20.2. The summed E-state index contributed by atoms with van der Waals surface area (Å²) in [6.45, 7) is 3.04. The average Bonchev–Trinajstić information content (AvgIpc) is 2.68. The summed E-state index contributed by atoms with van der Waals surface area (Å²) in [5.74, 6) is 2.16. The second-order valence-electron chi connectivity index (χ2n) is 6.98. The number of rotatable bonds is 7. The first-order valence-electron chi connectivity index (χ1n) is 9.30. The standard InChI is InChI=1S/C23H27FO/c1-2-3-4-18-5-7-19(8-6-18)20-9-11-21(12-10-20)22-13-15-23(16-14-22)25-17-24/h2,9-16,18-19H,1,3-8,17H2. The molecule has 0 aromatic heterocycles. The molecule has 2 heteroatoms. The molecule has 0 bridgehead atoms. The Morgan fingerprint density at radius 1 is 0.920 bits per heavy atom. The number of halogens is 1. The van der Waals surface area contributed by atoms with E-state index in [1.807, 2.05) is 30.3 Å². The van der Waals surface area contributed by atoms with Crippen LogP contribution in [-0.2, 0) is 0 Å². The zero-order chi connectivity index (χ0) is 17.5. The Hall–Kier alpha value is -2.09. The summed E-state index contributed by atoms with van der Waals surface area (Å²) < 4.78 is 17.0. The molecule has 2 aromatic rings. The van der Waals surface area contributed by atoms with Crippen molar-refractivity contribution in [2.45, 2.75) is 44.4 Å². The van der Waals surface area contributed by atoms with Crippen molar-refractivity contribution < 1.29 is 9.13 Å². The smallest absolute Gasteiger partial charge is 0.228 e. The summed E-state index contributed by atoms with van der Waals surface area (Å²) in [5.41, 5.74) is 3.78. The fourth-order valence-corrected chi connectivity index (χ4v) is 3.89. The van der Waals surface area contributed by atoms with Crippen molar-refractivity contribution in [2.24, 2.45) is 5.92 Å². The largest absolute Gasteiger partial charge is 0.463 e. The molecule has 3 rings (SSSR count). The molecule has 0 radical (unpaired) electrons. The molecule has 25 heavy (non-hydrogen) atoms. The maximum Gasteiger partial charge on any atom is 0.228 e. The van der Waals surface area contributed by atoms with E-state index < -0.39 is 6.86 Å². The van der Waals surface area contributed by atoms with Crippen LogP contribution in [0.15, 0.2) is 61.2 Å². The summed E-state index contributed by atoms with van der Waals surface area (Å²) >= 11 is 0. The molecule has 1 saturated carbocycles. The van der Waals surface area contributed by atoms with E-state index in [0.717, 1.165) is 17.9 Å². The first kappa shape index (κ1) is 17.7. The molecule has 132 valence electrons. The molecular weight excluding hydrogens is 311 g/mol. The van der Waals surface area contributed by atoms with Gasteiger partial charge in [0.15, 0.2) is 0 Å². The topological polar surface area (TPSA) is 9.23 Å². The zero-order valence-electron chi connectivity index (χ0n) is 14.8. The van der Waals surface area contributed by atoms with Gasteiger partial charge >= 0.3 is 0 Å². The lowest BCUT2D eigenvalue weighted by Gasteiger charge is -2.28. The van der Waals surface area contributed by atoms with Gasteiger partial charge in [-0.25, -0.2) is 4.39 Å². The first-order chi connectivity index (χ1) is 12.3. The van der Waals surface area contributed by atoms with Crippen molar-refractivity contribution in [2.75, 3.05) is 6.86 Å². The molecule has 1 nitrogen and oxygen atoms in total. The van der Waals surface area contributed by atoms with Gasteiger partial charge in [0.05, 0.1) is 0 Å². The molecule has 1 aliphatic carbocycles. The van der Waals surface area contributed by atoms with Gasteiger partial charge in [0.25, 0.3) is 0 Å². The van der Waals surface area contributed by atoms with Crippen LogP contribution in [0.3, 0.4) is 0 Å². The van der Waals surface area contributed by atoms with Crippen LogP contribution in [0.4, 0.5) is 4.39 Å². The molecule has 0 saturated heterocycles. The third-order valence-corrected chi connectivity index (χ3v) is 5.42. The minimum atomic E-state index is -0.788. The fourth-order valence-electron chi connectivity index (χ4n) is 3.89. The lowest BCUT2D eigenvalue weighted by molar-refractivity contribution is 0.192. The Kier molecular flexibility index (Phi) is 6.27. The van der Waals surface area contributed by atoms with Gasteiger partial charge in [-0.2, -0.15) is 0 Å². The van der Waals surface area contributed by atoms with Crippen LogP contribution in [0.2, 0.25) is 0 Å². The molecule has 0 unspecified atom stereocenters. The van der Waals surface area contributed by atoms with Gasteiger partial charge in [-0.15, -0.1) is 6.58 Å². The number of hydrogen-bond acceptors (Lipinski definition) is 1. The van der Waals surface area contributed by atoms with Crippen LogP contribution in [0.5, 0.6) is 5.75 Å². The van der Waals surface area contributed by atoms with E-state index in [-0.39, 0.29) is 0 Å². The maximum absolute atomic E-state index is 12.2. The van der Waals surface area contributed by atoms with E-state index in [4.69, 9.17) is 4.74 Å². The maximum atomic E-state index is 12.2. The van der Waals surface area contributed by atoms with E-state index >= 15 is 0 Å². The van der Waals surface area contributed by atoms with Gasteiger partial charge in [0.1, 0.15) is 5.75 Å². The first-order valence-corrected chi connectivity index (χ1v) is 9.30. The quantitative estimate of drug-likeness (QED) is 0.499. The minimum absolute atomic E-state index is 0.566. The predicted molar refractivity (Wildman–Crippen MR) is 103 cm³/mol. The van der Waals surface area contributed by atoms with Crippen molar-refractivity contribution in [3.8, 4) is 16.9 Å². The Bertz CT molecular complexity index is 651. The van der Waals surface area contributed by atoms with Crippen molar-refractivity contribution in [3.63, 3.8) is 0 Å². The SMILES string of the molecule is C=CCCC1CCC(c2ccc(-c3ccc(OCF)cc3)cc2)CC1. The van der Waals surface area contributed by atoms with E-state index in [9.17, 15) is 4.39 Å². The van der Waals surface area contributed by atoms with E-state index in [1.165, 1.54) is 43.2 Å². The second-order valence-corrected chi connectivity index (χ2v) is 6.98. The molecule has 2 aromatic carbocycles. The number of ether oxygens (including phenoxy) is 1. The highest BCUT2D eigenvalue weighted by Gasteiger charge is 2.21. The molecule has 1 aliphatic rings. The van der Waals surface area contributed by atoms with Crippen LogP contribution >= 0.6 is 0 Å². The monoisotopic (exact) mass is 338 g/mol. The third-order valence-electron chi connectivity index (χ3n) is 5.42. The van der Waals surface area contributed by atoms with Gasteiger partial charge in [0.2, 0.25) is 6.86 Å². The molecular formula is C23H27FO. The van der Waals surface area contributed by atoms with Gasteiger partial charge in [-0.3, -0.25) is 0 Å². The lowest BCUT2D eigenvalue weighted by Crippen LogP contribution is -2.13. The van der Waals surface area contributed by atoms with Crippen molar-refractivity contribution >= 4 is 0 Å². The van der Waals surface area contributed by atoms with Gasteiger partial charge in [-0.1, -0.05) is 42.5 Å². The number of benzene rings is 2. The third kappa shape index (κ3) is 4.72. The Morgan fingerprint density at radius 3 is 2.08 bits per heavy atom. The fraction of sp³-hybridized carbons (Fsp3) is 0.391. The van der Waals surface area contributed by atoms with Crippen LogP contribution < -0.4 is 4.74 Å². The molecule has 1 fully saturated rings. The van der Waals surface area contributed by atoms with Crippen molar-refractivity contribution in [1.82, 2.24) is 0 Å². The van der Waals surface area contributed by atoms with E-state index in [1.54, 1.807) is 0 Å².